The number of amides is 2. The van der Waals surface area contributed by atoms with Gasteiger partial charge in [0.1, 0.15) is 12.4 Å². The van der Waals surface area contributed by atoms with Crippen molar-refractivity contribution < 1.29 is 23.9 Å². The van der Waals surface area contributed by atoms with E-state index < -0.39 is 5.97 Å². The quantitative estimate of drug-likeness (QED) is 0.562. The lowest BCUT2D eigenvalue weighted by Crippen LogP contribution is -2.34. The molecule has 0 spiro atoms. The van der Waals surface area contributed by atoms with Crippen LogP contribution in [0.2, 0.25) is 5.02 Å². The molecule has 1 aliphatic rings. The van der Waals surface area contributed by atoms with Crippen LogP contribution in [0.25, 0.3) is 0 Å². The first-order valence-corrected chi connectivity index (χ1v) is 8.76. The van der Waals surface area contributed by atoms with Gasteiger partial charge in [-0.2, -0.15) is 0 Å². The van der Waals surface area contributed by atoms with Crippen LogP contribution in [0.15, 0.2) is 36.4 Å². The maximum Gasteiger partial charge on any atom is 0.344 e. The number of imide groups is 1. The summed E-state index contributed by atoms with van der Waals surface area (Å²) in [6.07, 6.45) is 0. The van der Waals surface area contributed by atoms with E-state index in [9.17, 15) is 14.4 Å². The third-order valence-electron chi connectivity index (χ3n) is 4.22. The summed E-state index contributed by atoms with van der Waals surface area (Å²) in [6.45, 7) is 3.30. The number of ether oxygens (including phenoxy) is 2. The largest absolute Gasteiger partial charge is 0.481 e. The molecule has 2 amide bonds. The topological polar surface area (TPSA) is 72.9 Å². The average molecular weight is 388 g/mol. The molecule has 0 aliphatic carbocycles. The van der Waals surface area contributed by atoms with Crippen molar-refractivity contribution in [3.05, 3.63) is 63.7 Å². The van der Waals surface area contributed by atoms with Crippen LogP contribution in [0, 0.1) is 13.8 Å². The van der Waals surface area contributed by atoms with E-state index in [-0.39, 0.29) is 31.6 Å². The van der Waals surface area contributed by atoms with Gasteiger partial charge < -0.3 is 9.47 Å². The first-order chi connectivity index (χ1) is 12.9. The number of rotatable bonds is 6. The third kappa shape index (κ3) is 3.95. The normalized spacial score (nSPS) is 12.9. The predicted octanol–water partition coefficient (Wildman–Crippen LogP) is 3.18. The van der Waals surface area contributed by atoms with Crippen molar-refractivity contribution in [2.24, 2.45) is 0 Å². The summed E-state index contributed by atoms with van der Waals surface area (Å²) in [5.74, 6) is -0.761. The van der Waals surface area contributed by atoms with Gasteiger partial charge in [0.25, 0.3) is 11.8 Å². The number of hydrogen-bond acceptors (Lipinski definition) is 5. The minimum atomic E-state index is -0.583. The molecule has 0 saturated carbocycles. The molecule has 0 N–H and O–H groups in total. The Hall–Kier alpha value is -2.86. The van der Waals surface area contributed by atoms with Crippen molar-refractivity contribution in [1.82, 2.24) is 4.90 Å². The Bertz CT molecular complexity index is 866. The van der Waals surface area contributed by atoms with Crippen LogP contribution in [0.5, 0.6) is 5.75 Å². The van der Waals surface area contributed by atoms with E-state index in [1.807, 2.05) is 13.8 Å². The highest BCUT2D eigenvalue weighted by Gasteiger charge is 2.34. The summed E-state index contributed by atoms with van der Waals surface area (Å²) in [4.78, 5) is 37.4. The summed E-state index contributed by atoms with van der Waals surface area (Å²) in [5, 5.41) is 0.598. The summed E-state index contributed by atoms with van der Waals surface area (Å²) < 4.78 is 10.6. The van der Waals surface area contributed by atoms with E-state index in [0.29, 0.717) is 21.9 Å². The molecule has 0 saturated heterocycles. The molecular weight excluding hydrogens is 370 g/mol. The lowest BCUT2D eigenvalue weighted by atomic mass is 10.1. The minimum absolute atomic E-state index is 0.00289. The standard InChI is InChI=1S/C20H18ClNO5/c1-12-9-14(21)10-13(2)18(12)27-11-17(23)26-8-7-22-19(24)15-5-3-4-6-16(15)20(22)25/h3-6,9-10H,7-8,11H2,1-2H3. The molecule has 140 valence electrons. The second kappa shape index (κ2) is 7.80. The maximum absolute atomic E-state index is 12.2. The highest BCUT2D eigenvalue weighted by atomic mass is 35.5. The van der Waals surface area contributed by atoms with E-state index in [4.69, 9.17) is 21.1 Å². The van der Waals surface area contributed by atoms with Crippen LogP contribution in [-0.4, -0.2) is 42.4 Å². The van der Waals surface area contributed by atoms with E-state index in [0.717, 1.165) is 16.0 Å². The van der Waals surface area contributed by atoms with Gasteiger partial charge in [0.15, 0.2) is 6.61 Å². The number of hydrogen-bond donors (Lipinski definition) is 0. The smallest absolute Gasteiger partial charge is 0.344 e. The van der Waals surface area contributed by atoms with Gasteiger partial charge in [-0.1, -0.05) is 23.7 Å². The number of carbonyl (C=O) groups is 3. The van der Waals surface area contributed by atoms with Crippen molar-refractivity contribution in [1.29, 1.82) is 0 Å². The maximum atomic E-state index is 12.2. The van der Waals surface area contributed by atoms with Crippen molar-refractivity contribution in [2.75, 3.05) is 19.8 Å². The van der Waals surface area contributed by atoms with Crippen molar-refractivity contribution >= 4 is 29.4 Å². The summed E-state index contributed by atoms with van der Waals surface area (Å²) in [5.41, 5.74) is 2.37. The molecule has 0 radical (unpaired) electrons. The molecular formula is C20H18ClNO5. The Kier molecular flexibility index (Phi) is 5.46. The number of nitrogens with zero attached hydrogens (tertiary/aromatic N) is 1. The fourth-order valence-electron chi connectivity index (χ4n) is 2.99. The fourth-order valence-corrected chi connectivity index (χ4v) is 3.32. The monoisotopic (exact) mass is 387 g/mol. The Labute approximate surface area is 161 Å². The lowest BCUT2D eigenvalue weighted by molar-refractivity contribution is -0.146. The molecule has 0 atom stereocenters. The van der Waals surface area contributed by atoms with Crippen LogP contribution < -0.4 is 4.74 Å². The molecule has 27 heavy (non-hydrogen) atoms. The highest BCUT2D eigenvalue weighted by Crippen LogP contribution is 2.27. The Morgan fingerprint density at radius 1 is 1.04 bits per heavy atom. The van der Waals surface area contributed by atoms with Crippen LogP contribution in [-0.2, 0) is 9.53 Å². The van der Waals surface area contributed by atoms with Gasteiger partial charge in [0.05, 0.1) is 17.7 Å². The molecule has 1 aliphatic heterocycles. The van der Waals surface area contributed by atoms with E-state index >= 15 is 0 Å². The van der Waals surface area contributed by atoms with Crippen LogP contribution in [0.3, 0.4) is 0 Å². The number of esters is 1. The molecule has 2 aromatic carbocycles. The molecule has 0 fully saturated rings. The first-order valence-electron chi connectivity index (χ1n) is 8.39. The zero-order chi connectivity index (χ0) is 19.6. The lowest BCUT2D eigenvalue weighted by Gasteiger charge is -2.15. The van der Waals surface area contributed by atoms with Crippen LogP contribution in [0.4, 0.5) is 0 Å². The highest BCUT2D eigenvalue weighted by molar-refractivity contribution is 6.30. The molecule has 2 aromatic rings. The SMILES string of the molecule is Cc1cc(Cl)cc(C)c1OCC(=O)OCCN1C(=O)c2ccccc2C1=O. The van der Waals surface area contributed by atoms with Crippen molar-refractivity contribution in [2.45, 2.75) is 13.8 Å². The molecule has 6 nitrogen and oxygen atoms in total. The third-order valence-corrected chi connectivity index (χ3v) is 4.43. The molecule has 0 unspecified atom stereocenters. The van der Waals surface area contributed by atoms with Gasteiger partial charge in [-0.15, -0.1) is 0 Å². The van der Waals surface area contributed by atoms with Gasteiger partial charge in [-0.05, 0) is 49.2 Å². The average Bonchev–Trinajstić information content (AvgIpc) is 2.86. The Balaban J connectivity index is 1.50. The zero-order valence-electron chi connectivity index (χ0n) is 15.0. The van der Waals surface area contributed by atoms with E-state index in [2.05, 4.69) is 0 Å². The minimum Gasteiger partial charge on any atom is -0.481 e. The van der Waals surface area contributed by atoms with Crippen LogP contribution in [0.1, 0.15) is 31.8 Å². The van der Waals surface area contributed by atoms with Gasteiger partial charge in [-0.3, -0.25) is 14.5 Å². The molecule has 1 heterocycles. The molecule has 3 rings (SSSR count). The Morgan fingerprint density at radius 2 is 1.59 bits per heavy atom. The second-order valence-electron chi connectivity index (χ2n) is 6.19. The van der Waals surface area contributed by atoms with Gasteiger partial charge in [0, 0.05) is 5.02 Å². The second-order valence-corrected chi connectivity index (χ2v) is 6.62. The van der Waals surface area contributed by atoms with Gasteiger partial charge in [0.2, 0.25) is 0 Å². The van der Waals surface area contributed by atoms with Crippen molar-refractivity contribution in [3.63, 3.8) is 0 Å². The molecule has 7 heteroatoms. The van der Waals surface area contributed by atoms with E-state index in [1.54, 1.807) is 36.4 Å². The number of halogens is 1. The van der Waals surface area contributed by atoms with E-state index in [1.165, 1.54) is 0 Å². The van der Waals surface area contributed by atoms with Gasteiger partial charge in [-0.25, -0.2) is 4.79 Å². The molecule has 0 aromatic heterocycles. The fraction of sp³-hybridized carbons (Fsp3) is 0.250. The predicted molar refractivity (Wildman–Crippen MR) is 99.2 cm³/mol. The number of carbonyl (C=O) groups excluding carboxylic acids is 3. The van der Waals surface area contributed by atoms with Gasteiger partial charge >= 0.3 is 5.97 Å². The number of fused-ring (bicyclic) bond motifs is 1. The molecule has 0 bridgehead atoms. The van der Waals surface area contributed by atoms with Crippen molar-refractivity contribution in [3.8, 4) is 5.75 Å². The summed E-state index contributed by atoms with van der Waals surface area (Å²) in [7, 11) is 0. The zero-order valence-corrected chi connectivity index (χ0v) is 15.7. The summed E-state index contributed by atoms with van der Waals surface area (Å²) >= 11 is 5.97. The number of benzene rings is 2. The van der Waals surface area contributed by atoms with Crippen LogP contribution >= 0.6 is 11.6 Å². The number of aryl methyl sites for hydroxylation is 2. The summed E-state index contributed by atoms with van der Waals surface area (Å²) in [6, 6.07) is 10.1. The Morgan fingerprint density at radius 3 is 2.15 bits per heavy atom. The first kappa shape index (κ1) is 18.9.